The molecule has 0 unspecified atom stereocenters. The molecule has 19 heavy (non-hydrogen) atoms. The molecule has 1 N–H and O–H groups in total. The Labute approximate surface area is 115 Å². The smallest absolute Gasteiger partial charge is 0.236 e. The molecule has 1 aliphatic rings. The average Bonchev–Trinajstić information content (AvgIpc) is 2.46. The molecule has 0 aromatic heterocycles. The molecule has 104 valence electrons. The molecule has 0 spiro atoms. The summed E-state index contributed by atoms with van der Waals surface area (Å²) in [5.74, 6) is 0.210. The third-order valence-electron chi connectivity index (χ3n) is 3.42. The highest BCUT2D eigenvalue weighted by Crippen LogP contribution is 2.15. The Bertz CT molecular complexity index is 397. The fourth-order valence-electron chi connectivity index (χ4n) is 2.26. The zero-order chi connectivity index (χ0) is 13.7. The third-order valence-corrected chi connectivity index (χ3v) is 3.42. The number of nitrogens with zero attached hydrogens (tertiary/aromatic N) is 2. The lowest BCUT2D eigenvalue weighted by Gasteiger charge is -2.36. The lowest BCUT2D eigenvalue weighted by Crippen LogP contribution is -2.51. The summed E-state index contributed by atoms with van der Waals surface area (Å²) in [6, 6.07) is 10.7. The van der Waals surface area contributed by atoms with Gasteiger partial charge in [0.2, 0.25) is 5.91 Å². The number of anilines is 1. The second kappa shape index (κ2) is 6.57. The van der Waals surface area contributed by atoms with E-state index in [1.54, 1.807) is 0 Å². The number of hydrogen-bond donors (Lipinski definition) is 1. The SMILES string of the molecule is CC(C)NCC(=O)N1CCN(c2ccccc2)CC1. The van der Waals surface area contributed by atoms with Gasteiger partial charge in [-0.15, -0.1) is 0 Å². The number of nitrogens with one attached hydrogen (secondary N) is 1. The molecule has 1 aliphatic heterocycles. The van der Waals surface area contributed by atoms with Crippen molar-refractivity contribution >= 4 is 11.6 Å². The van der Waals surface area contributed by atoms with Gasteiger partial charge in [0.25, 0.3) is 0 Å². The fraction of sp³-hybridized carbons (Fsp3) is 0.533. The maximum Gasteiger partial charge on any atom is 0.236 e. The van der Waals surface area contributed by atoms with Gasteiger partial charge in [-0.2, -0.15) is 0 Å². The molecule has 0 bridgehead atoms. The first kappa shape index (κ1) is 13.9. The zero-order valence-electron chi connectivity index (χ0n) is 11.8. The van der Waals surface area contributed by atoms with Crippen molar-refractivity contribution in [3.05, 3.63) is 30.3 Å². The highest BCUT2D eigenvalue weighted by atomic mass is 16.2. The summed E-state index contributed by atoms with van der Waals surface area (Å²) < 4.78 is 0. The number of carbonyl (C=O) groups excluding carboxylic acids is 1. The van der Waals surface area contributed by atoms with Gasteiger partial charge < -0.3 is 15.1 Å². The Morgan fingerprint density at radius 1 is 1.16 bits per heavy atom. The van der Waals surface area contributed by atoms with Crippen molar-refractivity contribution in [3.63, 3.8) is 0 Å². The summed E-state index contributed by atoms with van der Waals surface area (Å²) >= 11 is 0. The number of piperazine rings is 1. The second-order valence-electron chi connectivity index (χ2n) is 5.24. The lowest BCUT2D eigenvalue weighted by molar-refractivity contribution is -0.130. The molecule has 0 atom stereocenters. The van der Waals surface area contributed by atoms with Crippen LogP contribution in [-0.4, -0.2) is 49.6 Å². The molecule has 1 heterocycles. The normalized spacial score (nSPS) is 15.9. The van der Waals surface area contributed by atoms with Crippen LogP contribution in [0.5, 0.6) is 0 Å². The van der Waals surface area contributed by atoms with Crippen molar-refractivity contribution in [2.24, 2.45) is 0 Å². The first-order valence-electron chi connectivity index (χ1n) is 6.98. The van der Waals surface area contributed by atoms with Crippen molar-refractivity contribution in [2.45, 2.75) is 19.9 Å². The van der Waals surface area contributed by atoms with Crippen molar-refractivity contribution in [1.29, 1.82) is 0 Å². The zero-order valence-corrected chi connectivity index (χ0v) is 11.8. The molecule has 0 radical (unpaired) electrons. The van der Waals surface area contributed by atoms with Crippen molar-refractivity contribution in [1.82, 2.24) is 10.2 Å². The number of hydrogen-bond acceptors (Lipinski definition) is 3. The molecular formula is C15H23N3O. The van der Waals surface area contributed by atoms with Gasteiger partial charge in [0, 0.05) is 37.9 Å². The van der Waals surface area contributed by atoms with E-state index in [9.17, 15) is 4.79 Å². The minimum absolute atomic E-state index is 0.210. The quantitative estimate of drug-likeness (QED) is 0.888. The molecule has 1 saturated heterocycles. The molecule has 0 saturated carbocycles. The fourth-order valence-corrected chi connectivity index (χ4v) is 2.26. The highest BCUT2D eigenvalue weighted by molar-refractivity contribution is 5.78. The number of amides is 1. The van der Waals surface area contributed by atoms with Gasteiger partial charge in [-0.25, -0.2) is 0 Å². The Morgan fingerprint density at radius 2 is 1.79 bits per heavy atom. The number of rotatable bonds is 4. The number of carbonyl (C=O) groups is 1. The summed E-state index contributed by atoms with van der Waals surface area (Å²) in [5, 5.41) is 3.18. The van der Waals surface area contributed by atoms with Crippen LogP contribution in [0.15, 0.2) is 30.3 Å². The van der Waals surface area contributed by atoms with Crippen LogP contribution in [-0.2, 0) is 4.79 Å². The van der Waals surface area contributed by atoms with E-state index in [2.05, 4.69) is 48.3 Å². The molecule has 1 fully saturated rings. The molecule has 1 aromatic rings. The van der Waals surface area contributed by atoms with Gasteiger partial charge >= 0.3 is 0 Å². The van der Waals surface area contributed by atoms with Gasteiger partial charge in [0.1, 0.15) is 0 Å². The second-order valence-corrected chi connectivity index (χ2v) is 5.24. The van der Waals surface area contributed by atoms with Crippen molar-refractivity contribution < 1.29 is 4.79 Å². The van der Waals surface area contributed by atoms with E-state index in [1.165, 1.54) is 5.69 Å². The Balaban J connectivity index is 1.81. The standard InChI is InChI=1S/C15H23N3O/c1-13(2)16-12-15(19)18-10-8-17(9-11-18)14-6-4-3-5-7-14/h3-7,13,16H,8-12H2,1-2H3. The van der Waals surface area contributed by atoms with E-state index in [0.717, 1.165) is 26.2 Å². The Hall–Kier alpha value is -1.55. The van der Waals surface area contributed by atoms with Gasteiger partial charge in [0.05, 0.1) is 6.54 Å². The topological polar surface area (TPSA) is 35.6 Å². The molecule has 1 amide bonds. The largest absolute Gasteiger partial charge is 0.368 e. The first-order chi connectivity index (χ1) is 9.16. The van der Waals surface area contributed by atoms with Crippen LogP contribution in [0.2, 0.25) is 0 Å². The maximum atomic E-state index is 12.0. The van der Waals surface area contributed by atoms with Crippen LogP contribution < -0.4 is 10.2 Å². The van der Waals surface area contributed by atoms with E-state index < -0.39 is 0 Å². The van der Waals surface area contributed by atoms with E-state index in [-0.39, 0.29) is 5.91 Å². The molecular weight excluding hydrogens is 238 g/mol. The third kappa shape index (κ3) is 3.96. The van der Waals surface area contributed by atoms with Gasteiger partial charge in [-0.05, 0) is 12.1 Å². The van der Waals surface area contributed by atoms with Crippen LogP contribution in [0.3, 0.4) is 0 Å². The van der Waals surface area contributed by atoms with Gasteiger partial charge in [0.15, 0.2) is 0 Å². The molecule has 4 nitrogen and oxygen atoms in total. The minimum atomic E-state index is 0.210. The average molecular weight is 261 g/mol. The predicted molar refractivity (Wildman–Crippen MR) is 78.4 cm³/mol. The summed E-state index contributed by atoms with van der Waals surface area (Å²) in [6.45, 7) is 8.01. The predicted octanol–water partition coefficient (Wildman–Crippen LogP) is 1.33. The van der Waals surface area contributed by atoms with Crippen molar-refractivity contribution in [2.75, 3.05) is 37.6 Å². The summed E-state index contributed by atoms with van der Waals surface area (Å²) in [5.41, 5.74) is 1.25. The van der Waals surface area contributed by atoms with Crippen LogP contribution in [0.25, 0.3) is 0 Å². The van der Waals surface area contributed by atoms with Crippen LogP contribution in [0.4, 0.5) is 5.69 Å². The number of para-hydroxylation sites is 1. The maximum absolute atomic E-state index is 12.0. The molecule has 0 aliphatic carbocycles. The summed E-state index contributed by atoms with van der Waals surface area (Å²) in [7, 11) is 0. The summed E-state index contributed by atoms with van der Waals surface area (Å²) in [4.78, 5) is 16.3. The van der Waals surface area contributed by atoms with E-state index in [0.29, 0.717) is 12.6 Å². The van der Waals surface area contributed by atoms with E-state index in [1.807, 2.05) is 11.0 Å². The first-order valence-corrected chi connectivity index (χ1v) is 6.98. The van der Waals surface area contributed by atoms with Crippen LogP contribution in [0.1, 0.15) is 13.8 Å². The monoisotopic (exact) mass is 261 g/mol. The molecule has 2 rings (SSSR count). The van der Waals surface area contributed by atoms with Crippen LogP contribution in [0, 0.1) is 0 Å². The minimum Gasteiger partial charge on any atom is -0.368 e. The molecule has 4 heteroatoms. The Morgan fingerprint density at radius 3 is 2.37 bits per heavy atom. The summed E-state index contributed by atoms with van der Waals surface area (Å²) in [6.07, 6.45) is 0. The van der Waals surface area contributed by atoms with E-state index >= 15 is 0 Å². The Kier molecular flexibility index (Phi) is 4.80. The highest BCUT2D eigenvalue weighted by Gasteiger charge is 2.20. The number of benzene rings is 1. The van der Waals surface area contributed by atoms with Crippen molar-refractivity contribution in [3.8, 4) is 0 Å². The van der Waals surface area contributed by atoms with Gasteiger partial charge in [-0.3, -0.25) is 4.79 Å². The van der Waals surface area contributed by atoms with Gasteiger partial charge in [-0.1, -0.05) is 32.0 Å². The molecule has 1 aromatic carbocycles. The van der Waals surface area contributed by atoms with E-state index in [4.69, 9.17) is 0 Å². The van der Waals surface area contributed by atoms with Crippen LogP contribution >= 0.6 is 0 Å². The lowest BCUT2D eigenvalue weighted by atomic mass is 10.2.